The van der Waals surface area contributed by atoms with E-state index in [0.29, 0.717) is 11.3 Å². The molecule has 0 aliphatic carbocycles. The number of nitrogens with one attached hydrogen (secondary N) is 1. The van der Waals surface area contributed by atoms with Crippen LogP contribution < -0.4 is 15.8 Å². The van der Waals surface area contributed by atoms with Gasteiger partial charge >= 0.3 is 0 Å². The van der Waals surface area contributed by atoms with Crippen molar-refractivity contribution in [1.82, 2.24) is 10.3 Å². The smallest absolute Gasteiger partial charge is 0.259 e. The van der Waals surface area contributed by atoms with Gasteiger partial charge < -0.3 is 20.9 Å². The standard InChI is InChI=1S/C20H20ClFN4O4/c1-9(2)17(19(21)23)25-20(28)12-7-13(22)11(8-15(12)27)14-5-6-16(30-4)18(24-14)10(3)26-29/h5-8,10,27H,1,23H2,2-4H3,(H,25,28)/b19-17+. The molecule has 1 heterocycles. The van der Waals surface area contributed by atoms with Gasteiger partial charge in [-0.1, -0.05) is 23.4 Å². The van der Waals surface area contributed by atoms with Crippen LogP contribution in [-0.4, -0.2) is 23.1 Å². The predicted molar refractivity (Wildman–Crippen MR) is 111 cm³/mol. The Morgan fingerprint density at radius 3 is 2.63 bits per heavy atom. The number of nitroso groups, excluding NO2 is 1. The molecule has 0 bridgehead atoms. The third kappa shape index (κ3) is 4.74. The van der Waals surface area contributed by atoms with E-state index in [4.69, 9.17) is 22.1 Å². The van der Waals surface area contributed by atoms with Gasteiger partial charge in [-0.15, -0.1) is 0 Å². The van der Waals surface area contributed by atoms with Crippen molar-refractivity contribution in [2.24, 2.45) is 10.9 Å². The summed E-state index contributed by atoms with van der Waals surface area (Å²) < 4.78 is 19.9. The van der Waals surface area contributed by atoms with E-state index in [0.717, 1.165) is 12.1 Å². The molecule has 30 heavy (non-hydrogen) atoms. The number of carbonyl (C=O) groups is 1. The monoisotopic (exact) mass is 434 g/mol. The SMILES string of the molecule is C=C(C)/C(NC(=O)c1cc(F)c(-c2ccc(OC)c(C(C)N=O)n2)cc1O)=C(\N)Cl. The fourth-order valence-corrected chi connectivity index (χ4v) is 2.83. The molecule has 0 aliphatic heterocycles. The molecule has 0 spiro atoms. The van der Waals surface area contributed by atoms with Crippen LogP contribution in [0.15, 0.2) is 52.4 Å². The average molecular weight is 435 g/mol. The van der Waals surface area contributed by atoms with Crippen molar-refractivity contribution in [3.63, 3.8) is 0 Å². The number of nitrogens with two attached hydrogens (primary N) is 1. The second kappa shape index (κ2) is 9.36. The minimum absolute atomic E-state index is 0.0577. The summed E-state index contributed by atoms with van der Waals surface area (Å²) in [5.41, 5.74) is 5.82. The highest BCUT2D eigenvalue weighted by molar-refractivity contribution is 6.29. The third-order valence-corrected chi connectivity index (χ3v) is 4.36. The summed E-state index contributed by atoms with van der Waals surface area (Å²) in [4.78, 5) is 27.6. The van der Waals surface area contributed by atoms with Crippen molar-refractivity contribution in [1.29, 1.82) is 0 Å². The Balaban J connectivity index is 2.49. The van der Waals surface area contributed by atoms with Gasteiger partial charge in [-0.2, -0.15) is 4.91 Å². The lowest BCUT2D eigenvalue weighted by molar-refractivity contribution is 0.0963. The molecule has 1 aromatic carbocycles. The van der Waals surface area contributed by atoms with E-state index in [1.165, 1.54) is 26.2 Å². The zero-order chi connectivity index (χ0) is 22.6. The number of benzene rings is 1. The van der Waals surface area contributed by atoms with Gasteiger partial charge in [0.1, 0.15) is 34.2 Å². The van der Waals surface area contributed by atoms with Gasteiger partial charge in [-0.25, -0.2) is 9.37 Å². The number of pyridine rings is 1. The topological polar surface area (TPSA) is 127 Å². The van der Waals surface area contributed by atoms with Crippen LogP contribution in [-0.2, 0) is 0 Å². The van der Waals surface area contributed by atoms with Crippen LogP contribution in [0, 0.1) is 10.7 Å². The first kappa shape index (κ1) is 22.8. The molecule has 4 N–H and O–H groups in total. The number of nitrogens with zero attached hydrogens (tertiary/aromatic N) is 2. The van der Waals surface area contributed by atoms with E-state index < -0.39 is 23.5 Å². The number of phenolic OH excluding ortho intramolecular Hbond substituents is 1. The van der Waals surface area contributed by atoms with Crippen LogP contribution in [0.25, 0.3) is 11.3 Å². The number of allylic oxidation sites excluding steroid dienone is 1. The molecule has 1 atom stereocenters. The van der Waals surface area contributed by atoms with E-state index in [1.807, 2.05) is 0 Å². The normalized spacial score (nSPS) is 12.6. The number of hydrogen-bond acceptors (Lipinski definition) is 7. The van der Waals surface area contributed by atoms with Crippen molar-refractivity contribution >= 4 is 17.5 Å². The van der Waals surface area contributed by atoms with Crippen molar-refractivity contribution in [2.75, 3.05) is 7.11 Å². The third-order valence-electron chi connectivity index (χ3n) is 4.17. The zero-order valence-electron chi connectivity index (χ0n) is 16.5. The first-order chi connectivity index (χ1) is 14.1. The maximum atomic E-state index is 14.8. The Kier molecular flexibility index (Phi) is 7.12. The molecule has 0 radical (unpaired) electrons. The minimum atomic E-state index is -0.838. The van der Waals surface area contributed by atoms with Gasteiger partial charge in [0.2, 0.25) is 0 Å². The molecule has 10 heteroatoms. The van der Waals surface area contributed by atoms with Gasteiger partial charge in [0.15, 0.2) is 0 Å². The van der Waals surface area contributed by atoms with Gasteiger partial charge in [-0.3, -0.25) is 4.79 Å². The molecular weight excluding hydrogens is 415 g/mol. The Morgan fingerprint density at radius 2 is 2.10 bits per heavy atom. The van der Waals surface area contributed by atoms with E-state index in [-0.39, 0.29) is 33.4 Å². The molecule has 158 valence electrons. The highest BCUT2D eigenvalue weighted by Crippen LogP contribution is 2.33. The molecule has 1 aromatic heterocycles. The Morgan fingerprint density at radius 1 is 1.43 bits per heavy atom. The minimum Gasteiger partial charge on any atom is -0.507 e. The van der Waals surface area contributed by atoms with Crippen molar-refractivity contribution < 1.29 is 19.0 Å². The predicted octanol–water partition coefficient (Wildman–Crippen LogP) is 4.10. The summed E-state index contributed by atoms with van der Waals surface area (Å²) in [7, 11) is 1.40. The number of ether oxygens (including phenoxy) is 1. The van der Waals surface area contributed by atoms with E-state index in [2.05, 4.69) is 22.1 Å². The van der Waals surface area contributed by atoms with Crippen LogP contribution in [0.4, 0.5) is 4.39 Å². The second-order valence-electron chi connectivity index (χ2n) is 6.37. The highest BCUT2D eigenvalue weighted by atomic mass is 35.5. The number of phenols is 1. The van der Waals surface area contributed by atoms with Gasteiger partial charge in [0, 0.05) is 5.56 Å². The lowest BCUT2D eigenvalue weighted by atomic mass is 10.0. The maximum absolute atomic E-state index is 14.8. The number of aromatic hydroxyl groups is 1. The molecule has 1 amide bonds. The first-order valence-corrected chi connectivity index (χ1v) is 9.01. The summed E-state index contributed by atoms with van der Waals surface area (Å²) in [5.74, 6) is -1.85. The largest absolute Gasteiger partial charge is 0.507 e. The Hall–Kier alpha value is -3.46. The number of amides is 1. The average Bonchev–Trinajstić information content (AvgIpc) is 2.71. The van der Waals surface area contributed by atoms with Gasteiger partial charge in [-0.05, 0) is 43.7 Å². The second-order valence-corrected chi connectivity index (χ2v) is 6.78. The van der Waals surface area contributed by atoms with E-state index >= 15 is 0 Å². The van der Waals surface area contributed by atoms with Crippen molar-refractivity contribution in [3.05, 3.63) is 69.3 Å². The van der Waals surface area contributed by atoms with Crippen molar-refractivity contribution in [2.45, 2.75) is 19.9 Å². The molecule has 2 aromatic rings. The molecule has 0 saturated carbocycles. The molecule has 8 nitrogen and oxygen atoms in total. The molecule has 0 aliphatic rings. The number of aromatic nitrogens is 1. The van der Waals surface area contributed by atoms with Gasteiger partial charge in [0.05, 0.1) is 24.1 Å². The zero-order valence-corrected chi connectivity index (χ0v) is 17.2. The summed E-state index contributed by atoms with van der Waals surface area (Å²) in [6, 6.07) is 4.02. The first-order valence-electron chi connectivity index (χ1n) is 8.63. The number of methoxy groups -OCH3 is 1. The molecule has 0 saturated heterocycles. The summed E-state index contributed by atoms with van der Waals surface area (Å²) in [6.45, 7) is 6.72. The molecule has 2 rings (SSSR count). The number of hydrogen-bond donors (Lipinski definition) is 3. The quantitative estimate of drug-likeness (QED) is 0.342. The summed E-state index contributed by atoms with van der Waals surface area (Å²) in [6.07, 6.45) is 0. The van der Waals surface area contributed by atoms with E-state index in [9.17, 15) is 19.2 Å². The van der Waals surface area contributed by atoms with E-state index in [1.54, 1.807) is 6.92 Å². The Bertz CT molecular complexity index is 1050. The highest BCUT2D eigenvalue weighted by Gasteiger charge is 2.21. The van der Waals surface area contributed by atoms with Crippen LogP contribution in [0.5, 0.6) is 11.5 Å². The molecule has 0 fully saturated rings. The fourth-order valence-electron chi connectivity index (χ4n) is 2.63. The number of carbonyl (C=O) groups excluding carboxylic acids is 1. The maximum Gasteiger partial charge on any atom is 0.259 e. The van der Waals surface area contributed by atoms with Crippen molar-refractivity contribution in [3.8, 4) is 22.8 Å². The Labute approximate surface area is 177 Å². The van der Waals surface area contributed by atoms with Crippen LogP contribution in [0.1, 0.15) is 35.9 Å². The van der Waals surface area contributed by atoms with Gasteiger partial charge in [0.25, 0.3) is 5.91 Å². The summed E-state index contributed by atoms with van der Waals surface area (Å²) in [5, 5.41) is 15.4. The number of halogens is 2. The van der Waals surface area contributed by atoms with Crippen LogP contribution >= 0.6 is 11.6 Å². The van der Waals surface area contributed by atoms with Crippen LogP contribution in [0.3, 0.4) is 0 Å². The summed E-state index contributed by atoms with van der Waals surface area (Å²) >= 11 is 5.72. The van der Waals surface area contributed by atoms with Crippen LogP contribution in [0.2, 0.25) is 0 Å². The molecular formula is C20H20ClFN4O4. The molecule has 1 unspecified atom stereocenters. The lowest BCUT2D eigenvalue weighted by Crippen LogP contribution is -2.25. The fraction of sp³-hybridized carbons (Fsp3) is 0.200. The lowest BCUT2D eigenvalue weighted by Gasteiger charge is -2.14. The number of rotatable bonds is 7.